The topological polar surface area (TPSA) is 92.4 Å². The molecule has 2 aromatic rings. The molecule has 0 aliphatic heterocycles. The number of aromatic nitrogens is 1. The summed E-state index contributed by atoms with van der Waals surface area (Å²) < 4.78 is 5.24. The third-order valence-electron chi connectivity index (χ3n) is 3.68. The van der Waals surface area contributed by atoms with Crippen molar-refractivity contribution < 1.29 is 14.3 Å². The van der Waals surface area contributed by atoms with Gasteiger partial charge in [-0.25, -0.2) is 9.78 Å². The summed E-state index contributed by atoms with van der Waals surface area (Å²) >= 11 is 1.59. The van der Waals surface area contributed by atoms with Crippen molar-refractivity contribution in [1.29, 1.82) is 0 Å². The second-order valence-corrected chi connectivity index (χ2v) is 6.87. The molecule has 0 bridgehead atoms. The van der Waals surface area contributed by atoms with E-state index < -0.39 is 0 Å². The zero-order valence-corrected chi connectivity index (χ0v) is 16.3. The lowest BCUT2D eigenvalue weighted by molar-refractivity contribution is -0.115. The van der Waals surface area contributed by atoms with E-state index in [1.54, 1.807) is 36.5 Å². The van der Waals surface area contributed by atoms with E-state index in [0.29, 0.717) is 30.1 Å². The zero-order chi connectivity index (χ0) is 19.1. The molecule has 0 fully saturated rings. The fraction of sp³-hybridized carbons (Fsp3) is 0.389. The van der Waals surface area contributed by atoms with Crippen LogP contribution >= 0.6 is 11.3 Å². The van der Waals surface area contributed by atoms with Gasteiger partial charge in [0.15, 0.2) is 0 Å². The van der Waals surface area contributed by atoms with Gasteiger partial charge in [0.25, 0.3) is 0 Å². The highest BCUT2D eigenvalue weighted by Crippen LogP contribution is 2.28. The summed E-state index contributed by atoms with van der Waals surface area (Å²) in [5.41, 5.74) is 2.09. The second-order valence-electron chi connectivity index (χ2n) is 5.58. The zero-order valence-electron chi connectivity index (χ0n) is 15.4. The first-order valence-electron chi connectivity index (χ1n) is 8.44. The first kappa shape index (κ1) is 19.7. The third kappa shape index (κ3) is 5.19. The molecule has 0 unspecified atom stereocenters. The van der Waals surface area contributed by atoms with Crippen molar-refractivity contribution in [2.45, 2.75) is 40.2 Å². The molecule has 2 rings (SSSR count). The first-order valence-corrected chi connectivity index (χ1v) is 9.26. The Bertz CT molecular complexity index is 789. The van der Waals surface area contributed by atoms with Gasteiger partial charge >= 0.3 is 6.03 Å². The van der Waals surface area contributed by atoms with Crippen LogP contribution in [0.25, 0.3) is 0 Å². The number of amides is 3. The van der Waals surface area contributed by atoms with Crippen LogP contribution in [0, 0.1) is 6.92 Å². The smallest absolute Gasteiger partial charge is 0.319 e. The van der Waals surface area contributed by atoms with Gasteiger partial charge in [0.05, 0.1) is 30.0 Å². The average molecular weight is 376 g/mol. The molecule has 1 aromatic heterocycles. The highest BCUT2D eigenvalue weighted by Gasteiger charge is 2.11. The normalized spacial score (nSPS) is 10.3. The predicted molar refractivity (Wildman–Crippen MR) is 104 cm³/mol. The quantitative estimate of drug-likeness (QED) is 0.687. The van der Waals surface area contributed by atoms with Crippen molar-refractivity contribution in [1.82, 2.24) is 10.3 Å². The Morgan fingerprint density at radius 1 is 1.23 bits per heavy atom. The second kappa shape index (κ2) is 9.19. The maximum atomic E-state index is 12.2. The number of nitrogens with one attached hydrogen (secondary N) is 3. The molecule has 8 heteroatoms. The Hall–Kier alpha value is -2.61. The van der Waals surface area contributed by atoms with Crippen LogP contribution in [0.2, 0.25) is 0 Å². The van der Waals surface area contributed by atoms with Crippen LogP contribution in [0.5, 0.6) is 5.75 Å². The number of urea groups is 1. The van der Waals surface area contributed by atoms with E-state index in [-0.39, 0.29) is 11.9 Å². The molecule has 7 nitrogen and oxygen atoms in total. The van der Waals surface area contributed by atoms with Gasteiger partial charge in [-0.15, -0.1) is 11.3 Å². The lowest BCUT2D eigenvalue weighted by atomic mass is 10.2. The Morgan fingerprint density at radius 2 is 2.00 bits per heavy atom. The van der Waals surface area contributed by atoms with Crippen LogP contribution in [0.4, 0.5) is 16.2 Å². The van der Waals surface area contributed by atoms with Gasteiger partial charge in [-0.05, 0) is 31.5 Å². The van der Waals surface area contributed by atoms with E-state index >= 15 is 0 Å². The molecule has 140 valence electrons. The third-order valence-corrected chi connectivity index (χ3v) is 4.70. The minimum atomic E-state index is -0.323. The lowest BCUT2D eigenvalue weighted by Crippen LogP contribution is -2.28. The maximum absolute atomic E-state index is 12.2. The van der Waals surface area contributed by atoms with Gasteiger partial charge in [0.2, 0.25) is 5.91 Å². The van der Waals surface area contributed by atoms with Gasteiger partial charge in [-0.3, -0.25) is 4.79 Å². The van der Waals surface area contributed by atoms with Crippen LogP contribution in [-0.2, 0) is 17.8 Å². The molecule has 26 heavy (non-hydrogen) atoms. The fourth-order valence-electron chi connectivity index (χ4n) is 2.38. The van der Waals surface area contributed by atoms with Gasteiger partial charge in [0, 0.05) is 17.0 Å². The summed E-state index contributed by atoms with van der Waals surface area (Å²) in [4.78, 5) is 29.3. The summed E-state index contributed by atoms with van der Waals surface area (Å²) in [6, 6.07) is 4.76. The number of carbonyl (C=O) groups is 2. The minimum absolute atomic E-state index is 0.127. The molecular formula is C18H24N4O3S. The van der Waals surface area contributed by atoms with Gasteiger partial charge in [-0.1, -0.05) is 13.8 Å². The van der Waals surface area contributed by atoms with Gasteiger partial charge in [-0.2, -0.15) is 0 Å². The number of aryl methyl sites for hydroxylation is 2. The van der Waals surface area contributed by atoms with Crippen molar-refractivity contribution in [3.8, 4) is 5.75 Å². The lowest BCUT2D eigenvalue weighted by Gasteiger charge is -2.13. The Morgan fingerprint density at radius 3 is 2.65 bits per heavy atom. The number of ether oxygens (including phenoxy) is 1. The van der Waals surface area contributed by atoms with E-state index in [2.05, 4.69) is 20.9 Å². The largest absolute Gasteiger partial charge is 0.495 e. The number of benzene rings is 1. The SMILES string of the molecule is CCC(=O)Nc1cc(NC(=O)NCc2sc(C)nc2CC)ccc1OC. The number of methoxy groups -OCH3 is 1. The van der Waals surface area contributed by atoms with E-state index in [1.165, 1.54) is 7.11 Å². The number of hydrogen-bond donors (Lipinski definition) is 3. The summed E-state index contributed by atoms with van der Waals surface area (Å²) in [6.07, 6.45) is 1.19. The molecule has 0 aliphatic carbocycles. The van der Waals surface area contributed by atoms with Crippen LogP contribution in [0.3, 0.4) is 0 Å². The van der Waals surface area contributed by atoms with Crippen molar-refractivity contribution in [2.75, 3.05) is 17.7 Å². The van der Waals surface area contributed by atoms with Crippen LogP contribution in [0.1, 0.15) is 35.8 Å². The van der Waals surface area contributed by atoms with Crippen molar-refractivity contribution in [3.63, 3.8) is 0 Å². The van der Waals surface area contributed by atoms with E-state index in [9.17, 15) is 9.59 Å². The van der Waals surface area contributed by atoms with Crippen molar-refractivity contribution in [3.05, 3.63) is 33.8 Å². The molecule has 1 aromatic carbocycles. The maximum Gasteiger partial charge on any atom is 0.319 e. The minimum Gasteiger partial charge on any atom is -0.495 e. The van der Waals surface area contributed by atoms with Crippen molar-refractivity contribution >= 4 is 34.6 Å². The number of carbonyl (C=O) groups excluding carboxylic acids is 2. The van der Waals surface area contributed by atoms with Crippen LogP contribution in [0.15, 0.2) is 18.2 Å². The van der Waals surface area contributed by atoms with E-state index in [0.717, 1.165) is 22.0 Å². The van der Waals surface area contributed by atoms with E-state index in [4.69, 9.17) is 4.74 Å². The molecule has 0 saturated carbocycles. The van der Waals surface area contributed by atoms with Crippen LogP contribution < -0.4 is 20.7 Å². The Labute approximate surface area is 157 Å². The van der Waals surface area contributed by atoms with E-state index in [1.807, 2.05) is 13.8 Å². The summed E-state index contributed by atoms with van der Waals surface area (Å²) in [5.74, 6) is 0.406. The fourth-order valence-corrected chi connectivity index (χ4v) is 3.35. The molecule has 0 radical (unpaired) electrons. The molecular weight excluding hydrogens is 352 g/mol. The molecule has 3 amide bonds. The summed E-state index contributed by atoms with van der Waals surface area (Å²) in [6.45, 7) is 6.19. The highest BCUT2D eigenvalue weighted by atomic mass is 32.1. The summed E-state index contributed by atoms with van der Waals surface area (Å²) in [7, 11) is 1.53. The van der Waals surface area contributed by atoms with Crippen LogP contribution in [-0.4, -0.2) is 24.0 Å². The molecule has 0 saturated heterocycles. The predicted octanol–water partition coefficient (Wildman–Crippen LogP) is 3.69. The van der Waals surface area contributed by atoms with Crippen molar-refractivity contribution in [2.24, 2.45) is 0 Å². The standard InChI is InChI=1S/C18H24N4O3S/c1-5-13-16(26-11(3)20-13)10-19-18(24)21-12-7-8-15(25-4)14(9-12)22-17(23)6-2/h7-9H,5-6,10H2,1-4H3,(H,22,23)(H2,19,21,24). The molecule has 0 atom stereocenters. The number of hydrogen-bond acceptors (Lipinski definition) is 5. The number of anilines is 2. The Kier molecular flexibility index (Phi) is 6.97. The molecule has 3 N–H and O–H groups in total. The number of nitrogens with zero attached hydrogens (tertiary/aromatic N) is 1. The molecule has 1 heterocycles. The van der Waals surface area contributed by atoms with Gasteiger partial charge in [0.1, 0.15) is 5.75 Å². The molecule has 0 spiro atoms. The Balaban J connectivity index is 2.01. The monoisotopic (exact) mass is 376 g/mol. The highest BCUT2D eigenvalue weighted by molar-refractivity contribution is 7.11. The average Bonchev–Trinajstić information content (AvgIpc) is 3.00. The summed E-state index contributed by atoms with van der Waals surface area (Å²) in [5, 5.41) is 9.35. The van der Waals surface area contributed by atoms with Gasteiger partial charge < -0.3 is 20.7 Å². The molecule has 0 aliphatic rings. The number of thiazole rings is 1. The number of rotatable bonds is 7. The first-order chi connectivity index (χ1) is 12.5.